The largest absolute Gasteiger partial charge is 0.465 e. The minimum absolute atomic E-state index is 0.476. The van der Waals surface area contributed by atoms with Crippen molar-refractivity contribution >= 4 is 6.08 Å². The van der Waals surface area contributed by atoms with Gasteiger partial charge in [-0.15, -0.1) is 0 Å². The average Bonchev–Trinajstić information content (AvgIpc) is 3.37. The number of aliphatic hydroxyl groups is 1. The van der Waals surface area contributed by atoms with Crippen LogP contribution in [0, 0.1) is 0 Å². The first-order valence-electron chi connectivity index (χ1n) is 11.1. The van der Waals surface area contributed by atoms with E-state index in [0.717, 1.165) is 17.9 Å². The second kappa shape index (κ2) is 8.99. The summed E-state index contributed by atoms with van der Waals surface area (Å²) in [7, 11) is 0. The second-order valence-corrected chi connectivity index (χ2v) is 8.27. The van der Waals surface area contributed by atoms with Gasteiger partial charge in [-0.05, 0) is 46.9 Å². The predicted octanol–water partition coefficient (Wildman–Crippen LogP) is 5.72. The highest BCUT2D eigenvalue weighted by atomic mass is 16.3. The molecular formula is C29H27NO2. The van der Waals surface area contributed by atoms with Crippen molar-refractivity contribution in [3.05, 3.63) is 137 Å². The Morgan fingerprint density at radius 3 is 1.75 bits per heavy atom. The summed E-state index contributed by atoms with van der Waals surface area (Å²) in [4.78, 5) is 2.49. The molecule has 1 fully saturated rings. The van der Waals surface area contributed by atoms with Gasteiger partial charge in [-0.3, -0.25) is 4.90 Å². The van der Waals surface area contributed by atoms with Crippen LogP contribution in [0.1, 0.15) is 28.9 Å². The van der Waals surface area contributed by atoms with Crippen molar-refractivity contribution in [1.29, 1.82) is 0 Å². The summed E-state index contributed by atoms with van der Waals surface area (Å²) in [5, 5.41) is 10.8. The maximum atomic E-state index is 10.8. The first kappa shape index (κ1) is 20.5. The van der Waals surface area contributed by atoms with Gasteiger partial charge in [0.15, 0.2) is 0 Å². The number of benzene rings is 3. The van der Waals surface area contributed by atoms with Gasteiger partial charge in [-0.25, -0.2) is 0 Å². The van der Waals surface area contributed by atoms with E-state index in [4.69, 9.17) is 4.42 Å². The van der Waals surface area contributed by atoms with E-state index in [1.807, 2.05) is 18.2 Å². The van der Waals surface area contributed by atoms with Gasteiger partial charge >= 0.3 is 0 Å². The first-order chi connectivity index (χ1) is 15.8. The van der Waals surface area contributed by atoms with Gasteiger partial charge in [0.1, 0.15) is 5.76 Å². The lowest BCUT2D eigenvalue weighted by Gasteiger charge is -2.48. The Labute approximate surface area is 189 Å². The van der Waals surface area contributed by atoms with Crippen LogP contribution in [0.4, 0.5) is 0 Å². The third-order valence-electron chi connectivity index (χ3n) is 6.39. The molecule has 0 radical (unpaired) electrons. The van der Waals surface area contributed by atoms with Crippen LogP contribution in [-0.2, 0) is 5.54 Å². The van der Waals surface area contributed by atoms with Crippen molar-refractivity contribution in [2.24, 2.45) is 0 Å². The minimum Gasteiger partial charge on any atom is -0.465 e. The van der Waals surface area contributed by atoms with E-state index in [9.17, 15) is 5.11 Å². The van der Waals surface area contributed by atoms with Crippen LogP contribution < -0.4 is 0 Å². The molecule has 1 saturated heterocycles. The van der Waals surface area contributed by atoms with Crippen LogP contribution in [0.25, 0.3) is 6.08 Å². The molecule has 1 aliphatic rings. The fourth-order valence-electron chi connectivity index (χ4n) is 4.94. The van der Waals surface area contributed by atoms with Gasteiger partial charge in [0, 0.05) is 13.1 Å². The number of nitrogens with zero attached hydrogens (tertiary/aromatic N) is 1. The SMILES string of the molecule is OC1CCN(C(c2ccccc2)(c2ccccc2)c2ccccc2)C/C1=C\c1ccco1. The van der Waals surface area contributed by atoms with Gasteiger partial charge in [-0.2, -0.15) is 0 Å². The van der Waals surface area contributed by atoms with Crippen molar-refractivity contribution in [3.8, 4) is 0 Å². The lowest BCUT2D eigenvalue weighted by Crippen LogP contribution is -2.52. The Morgan fingerprint density at radius 2 is 1.28 bits per heavy atom. The Hall–Kier alpha value is -3.40. The summed E-state index contributed by atoms with van der Waals surface area (Å²) in [5.74, 6) is 0.769. The highest BCUT2D eigenvalue weighted by Crippen LogP contribution is 2.44. The number of hydrogen-bond acceptors (Lipinski definition) is 3. The summed E-state index contributed by atoms with van der Waals surface area (Å²) >= 11 is 0. The molecule has 1 unspecified atom stereocenters. The van der Waals surface area contributed by atoms with Gasteiger partial charge in [-0.1, -0.05) is 91.0 Å². The fourth-order valence-corrected chi connectivity index (χ4v) is 4.94. The van der Waals surface area contributed by atoms with E-state index in [2.05, 4.69) is 95.9 Å². The van der Waals surface area contributed by atoms with Crippen molar-refractivity contribution in [3.63, 3.8) is 0 Å². The number of aliphatic hydroxyl groups excluding tert-OH is 1. The van der Waals surface area contributed by atoms with Gasteiger partial charge in [0.2, 0.25) is 0 Å². The number of furan rings is 1. The quantitative estimate of drug-likeness (QED) is 0.419. The van der Waals surface area contributed by atoms with E-state index in [1.165, 1.54) is 16.7 Å². The third-order valence-corrected chi connectivity index (χ3v) is 6.39. The fraction of sp³-hybridized carbons (Fsp3) is 0.172. The average molecular weight is 422 g/mol. The summed E-state index contributed by atoms with van der Waals surface area (Å²) in [6.07, 6.45) is 3.85. The second-order valence-electron chi connectivity index (χ2n) is 8.27. The highest BCUT2D eigenvalue weighted by molar-refractivity contribution is 5.53. The molecule has 160 valence electrons. The molecule has 0 aliphatic carbocycles. The van der Waals surface area contributed by atoms with E-state index < -0.39 is 11.6 Å². The third kappa shape index (κ3) is 3.70. The Balaban J connectivity index is 1.71. The molecule has 3 heteroatoms. The van der Waals surface area contributed by atoms with Gasteiger partial charge in [0.25, 0.3) is 0 Å². The molecule has 1 N–H and O–H groups in total. The van der Waals surface area contributed by atoms with Gasteiger partial charge in [0.05, 0.1) is 17.9 Å². The van der Waals surface area contributed by atoms with Crippen LogP contribution in [-0.4, -0.2) is 29.2 Å². The normalized spacial score (nSPS) is 18.7. The maximum absolute atomic E-state index is 10.8. The Morgan fingerprint density at radius 1 is 0.750 bits per heavy atom. The molecular weight excluding hydrogens is 394 g/mol. The minimum atomic E-state index is -0.480. The molecule has 0 amide bonds. The highest BCUT2D eigenvalue weighted by Gasteiger charge is 2.44. The molecule has 3 aromatic carbocycles. The topological polar surface area (TPSA) is 36.6 Å². The van der Waals surface area contributed by atoms with Gasteiger partial charge < -0.3 is 9.52 Å². The predicted molar refractivity (Wildman–Crippen MR) is 128 cm³/mol. The van der Waals surface area contributed by atoms with Crippen LogP contribution in [0.2, 0.25) is 0 Å². The monoisotopic (exact) mass is 421 g/mol. The lowest BCUT2D eigenvalue weighted by molar-refractivity contribution is 0.0871. The number of hydrogen-bond donors (Lipinski definition) is 1. The summed E-state index contributed by atoms with van der Waals surface area (Å²) in [5.41, 5.74) is 4.13. The Kier molecular flexibility index (Phi) is 5.76. The van der Waals surface area contributed by atoms with Crippen molar-refractivity contribution in [2.75, 3.05) is 13.1 Å². The molecule has 32 heavy (non-hydrogen) atoms. The van der Waals surface area contributed by atoms with Crippen molar-refractivity contribution < 1.29 is 9.52 Å². The molecule has 0 spiro atoms. The molecule has 3 nitrogen and oxygen atoms in total. The standard InChI is InChI=1S/C29H27NO2/c31-28-18-19-30(22-23(28)21-27-17-10-20-32-27)29(24-11-4-1-5-12-24,25-13-6-2-7-14-25)26-15-8-3-9-16-26/h1-17,20-21,28,31H,18-19,22H2/b23-21+. The zero-order valence-corrected chi connectivity index (χ0v) is 18.0. The number of likely N-dealkylation sites (tertiary alicyclic amines) is 1. The summed E-state index contributed by atoms with van der Waals surface area (Å²) in [6, 6.07) is 35.9. The van der Waals surface area contributed by atoms with E-state index in [-0.39, 0.29) is 0 Å². The van der Waals surface area contributed by atoms with Crippen LogP contribution in [0.3, 0.4) is 0 Å². The van der Waals surface area contributed by atoms with Crippen molar-refractivity contribution in [2.45, 2.75) is 18.1 Å². The van der Waals surface area contributed by atoms with Crippen molar-refractivity contribution in [1.82, 2.24) is 4.90 Å². The molecule has 2 heterocycles. The van der Waals surface area contributed by atoms with E-state index in [1.54, 1.807) is 6.26 Å². The maximum Gasteiger partial charge on any atom is 0.126 e. The van der Waals surface area contributed by atoms with Crippen LogP contribution in [0.5, 0.6) is 0 Å². The first-order valence-corrected chi connectivity index (χ1v) is 11.1. The van der Waals surface area contributed by atoms with Crippen LogP contribution in [0.15, 0.2) is 119 Å². The molecule has 4 aromatic rings. The van der Waals surface area contributed by atoms with E-state index in [0.29, 0.717) is 13.0 Å². The zero-order valence-electron chi connectivity index (χ0n) is 18.0. The molecule has 1 atom stereocenters. The summed E-state index contributed by atoms with van der Waals surface area (Å²) < 4.78 is 5.55. The number of rotatable bonds is 5. The zero-order chi connectivity index (χ0) is 21.8. The molecule has 1 aliphatic heterocycles. The molecule has 5 rings (SSSR count). The summed E-state index contributed by atoms with van der Waals surface area (Å²) in [6.45, 7) is 1.41. The molecule has 0 saturated carbocycles. The molecule has 0 bridgehead atoms. The molecule has 1 aromatic heterocycles. The van der Waals surface area contributed by atoms with Crippen LogP contribution >= 0.6 is 0 Å². The lowest BCUT2D eigenvalue weighted by atomic mass is 9.74. The van der Waals surface area contributed by atoms with E-state index >= 15 is 0 Å². The Bertz CT molecular complexity index is 1060. The number of piperidine rings is 1. The smallest absolute Gasteiger partial charge is 0.126 e.